The maximum absolute atomic E-state index is 15.0. The standard InChI is InChI=1S/C31H34FNO6/c1-31(2,35)14-4-5-19-6-13-28(33-17-19)39-25-12-10-24(32)30-23(25)9-11-26(30)38-21-7-8-22-20(15-29(34)36-3)18-37-27(22)16-21/h6-8,10,12-13,16-17,20,26,35H,4-5,9,11,14-15,18H2,1-3H3/t20-,26-/m1/s1. The molecule has 0 amide bonds. The van der Waals surface area contributed by atoms with Crippen molar-refractivity contribution in [3.63, 3.8) is 0 Å². The smallest absolute Gasteiger partial charge is 0.306 e. The van der Waals surface area contributed by atoms with Crippen molar-refractivity contribution in [1.29, 1.82) is 0 Å². The van der Waals surface area contributed by atoms with Crippen LogP contribution in [0.25, 0.3) is 0 Å². The number of carbonyl (C=O) groups excluding carboxylic acids is 1. The number of aryl methyl sites for hydroxylation is 1. The molecule has 5 rings (SSSR count). The summed E-state index contributed by atoms with van der Waals surface area (Å²) in [7, 11) is 1.38. The monoisotopic (exact) mass is 535 g/mol. The summed E-state index contributed by atoms with van der Waals surface area (Å²) in [5.74, 6) is 1.61. The van der Waals surface area contributed by atoms with Gasteiger partial charge in [-0.1, -0.05) is 12.1 Å². The molecule has 7 nitrogen and oxygen atoms in total. The predicted octanol–water partition coefficient (Wildman–Crippen LogP) is 6.21. The van der Waals surface area contributed by atoms with Crippen molar-refractivity contribution in [2.75, 3.05) is 13.7 Å². The number of hydrogen-bond donors (Lipinski definition) is 1. The zero-order valence-corrected chi connectivity index (χ0v) is 22.5. The van der Waals surface area contributed by atoms with E-state index in [0.717, 1.165) is 29.5 Å². The highest BCUT2D eigenvalue weighted by Gasteiger charge is 2.32. The van der Waals surface area contributed by atoms with Gasteiger partial charge in [0.25, 0.3) is 0 Å². The third-order valence-corrected chi connectivity index (χ3v) is 7.29. The first kappa shape index (κ1) is 26.9. The van der Waals surface area contributed by atoms with Crippen LogP contribution in [0.5, 0.6) is 23.1 Å². The molecule has 0 unspecified atom stereocenters. The van der Waals surface area contributed by atoms with Crippen molar-refractivity contribution < 1.29 is 33.2 Å². The van der Waals surface area contributed by atoms with E-state index in [1.807, 2.05) is 38.1 Å². The summed E-state index contributed by atoms with van der Waals surface area (Å²) in [5, 5.41) is 9.89. The minimum absolute atomic E-state index is 0.0544. The number of halogens is 1. The van der Waals surface area contributed by atoms with Crippen LogP contribution in [0, 0.1) is 5.82 Å². The highest BCUT2D eigenvalue weighted by molar-refractivity contribution is 5.71. The van der Waals surface area contributed by atoms with Crippen LogP contribution < -0.4 is 14.2 Å². The van der Waals surface area contributed by atoms with Gasteiger partial charge in [-0.05, 0) is 69.7 Å². The summed E-state index contributed by atoms with van der Waals surface area (Å²) in [6, 6.07) is 12.4. The number of methoxy groups -OCH3 is 1. The Morgan fingerprint density at radius 3 is 2.79 bits per heavy atom. The topological polar surface area (TPSA) is 87.1 Å². The first-order valence-electron chi connectivity index (χ1n) is 13.4. The first-order valence-corrected chi connectivity index (χ1v) is 13.4. The van der Waals surface area contributed by atoms with Gasteiger partial charge in [-0.3, -0.25) is 4.79 Å². The quantitative estimate of drug-likeness (QED) is 0.309. The van der Waals surface area contributed by atoms with Gasteiger partial charge in [0.1, 0.15) is 29.2 Å². The maximum atomic E-state index is 15.0. The molecule has 39 heavy (non-hydrogen) atoms. The second-order valence-electron chi connectivity index (χ2n) is 10.8. The summed E-state index contributed by atoms with van der Waals surface area (Å²) < 4.78 is 37.9. The van der Waals surface area contributed by atoms with Gasteiger partial charge in [-0.25, -0.2) is 9.37 Å². The second-order valence-corrected chi connectivity index (χ2v) is 10.8. The molecule has 8 heteroatoms. The predicted molar refractivity (Wildman–Crippen MR) is 143 cm³/mol. The highest BCUT2D eigenvalue weighted by atomic mass is 19.1. The zero-order chi connectivity index (χ0) is 27.6. The average Bonchev–Trinajstić information content (AvgIpc) is 3.50. The third-order valence-electron chi connectivity index (χ3n) is 7.29. The Balaban J connectivity index is 1.26. The molecule has 2 heterocycles. The second kappa shape index (κ2) is 11.2. The van der Waals surface area contributed by atoms with Crippen LogP contribution in [0.4, 0.5) is 4.39 Å². The van der Waals surface area contributed by atoms with Crippen LogP contribution in [0.1, 0.15) is 73.8 Å². The Hall–Kier alpha value is -3.65. The number of aliphatic hydroxyl groups is 1. The molecule has 0 radical (unpaired) electrons. The number of aromatic nitrogens is 1. The van der Waals surface area contributed by atoms with E-state index in [-0.39, 0.29) is 24.1 Å². The van der Waals surface area contributed by atoms with Crippen LogP contribution in [-0.4, -0.2) is 35.4 Å². The number of fused-ring (bicyclic) bond motifs is 2. The zero-order valence-electron chi connectivity index (χ0n) is 22.5. The van der Waals surface area contributed by atoms with Gasteiger partial charge in [0.05, 0.1) is 25.7 Å². The Bertz CT molecular complexity index is 1330. The van der Waals surface area contributed by atoms with E-state index in [1.54, 1.807) is 18.3 Å². The van der Waals surface area contributed by atoms with E-state index in [4.69, 9.17) is 18.9 Å². The number of rotatable bonds is 10. The van der Waals surface area contributed by atoms with Gasteiger partial charge in [-0.15, -0.1) is 0 Å². The number of nitrogens with zero attached hydrogens (tertiary/aromatic N) is 1. The van der Waals surface area contributed by atoms with E-state index >= 15 is 4.39 Å². The first-order chi connectivity index (χ1) is 18.7. The fourth-order valence-corrected chi connectivity index (χ4v) is 5.26. The molecule has 2 aromatic carbocycles. The molecule has 1 N–H and O–H groups in total. The summed E-state index contributed by atoms with van der Waals surface area (Å²) in [6.07, 6.45) is 5.21. The van der Waals surface area contributed by atoms with Crippen molar-refractivity contribution >= 4 is 5.97 Å². The molecule has 3 aromatic rings. The Kier molecular flexibility index (Phi) is 7.75. The van der Waals surface area contributed by atoms with Gasteiger partial charge < -0.3 is 24.1 Å². The largest absolute Gasteiger partial charge is 0.492 e. The molecule has 1 aromatic heterocycles. The SMILES string of the molecule is COC(=O)C[C@@H]1COc2cc(O[C@@H]3CCc4c(Oc5ccc(CCCC(C)(C)O)cn5)ccc(F)c43)ccc21. The summed E-state index contributed by atoms with van der Waals surface area (Å²) in [4.78, 5) is 16.1. The van der Waals surface area contributed by atoms with Crippen molar-refractivity contribution in [3.05, 3.63) is 76.7 Å². The van der Waals surface area contributed by atoms with Gasteiger partial charge in [0.15, 0.2) is 0 Å². The third kappa shape index (κ3) is 6.33. The molecule has 0 spiro atoms. The van der Waals surface area contributed by atoms with Gasteiger partial charge in [0.2, 0.25) is 5.88 Å². The number of carbonyl (C=O) groups is 1. The molecular formula is C31H34FNO6. The molecule has 1 aliphatic heterocycles. The summed E-state index contributed by atoms with van der Waals surface area (Å²) >= 11 is 0. The molecule has 0 saturated heterocycles. The summed E-state index contributed by atoms with van der Waals surface area (Å²) in [5.41, 5.74) is 2.62. The maximum Gasteiger partial charge on any atom is 0.306 e. The minimum atomic E-state index is -0.676. The van der Waals surface area contributed by atoms with E-state index in [9.17, 15) is 9.90 Å². The van der Waals surface area contributed by atoms with Crippen LogP contribution in [0.3, 0.4) is 0 Å². The average molecular weight is 536 g/mol. The van der Waals surface area contributed by atoms with Crippen molar-refractivity contribution in [2.45, 2.75) is 70.0 Å². The van der Waals surface area contributed by atoms with Crippen molar-refractivity contribution in [1.82, 2.24) is 4.98 Å². The number of hydrogen-bond acceptors (Lipinski definition) is 7. The lowest BCUT2D eigenvalue weighted by atomic mass is 9.98. The van der Waals surface area contributed by atoms with E-state index < -0.39 is 11.7 Å². The van der Waals surface area contributed by atoms with E-state index in [0.29, 0.717) is 54.6 Å². The fourth-order valence-electron chi connectivity index (χ4n) is 5.26. The summed E-state index contributed by atoms with van der Waals surface area (Å²) in [6.45, 7) is 4.03. The lowest BCUT2D eigenvalue weighted by Crippen LogP contribution is -2.18. The number of ether oxygens (including phenoxy) is 4. The number of pyridine rings is 1. The molecular weight excluding hydrogens is 501 g/mol. The lowest BCUT2D eigenvalue weighted by Gasteiger charge is -2.17. The molecule has 0 bridgehead atoms. The van der Waals surface area contributed by atoms with Crippen LogP contribution in [0.2, 0.25) is 0 Å². The van der Waals surface area contributed by atoms with Gasteiger partial charge in [-0.2, -0.15) is 0 Å². The lowest BCUT2D eigenvalue weighted by molar-refractivity contribution is -0.141. The molecule has 0 saturated carbocycles. The molecule has 206 valence electrons. The van der Waals surface area contributed by atoms with Crippen LogP contribution in [-0.2, 0) is 22.4 Å². The fraction of sp³-hybridized carbons (Fsp3) is 0.419. The Morgan fingerprint density at radius 2 is 2.05 bits per heavy atom. The van der Waals surface area contributed by atoms with Crippen LogP contribution >= 0.6 is 0 Å². The van der Waals surface area contributed by atoms with Crippen molar-refractivity contribution in [3.8, 4) is 23.1 Å². The Labute approximate surface area is 227 Å². The molecule has 1 aliphatic carbocycles. The highest BCUT2D eigenvalue weighted by Crippen LogP contribution is 2.44. The van der Waals surface area contributed by atoms with E-state index in [1.165, 1.54) is 13.2 Å². The van der Waals surface area contributed by atoms with Gasteiger partial charge in [0, 0.05) is 40.9 Å². The molecule has 2 aliphatic rings. The number of benzene rings is 2. The van der Waals surface area contributed by atoms with Gasteiger partial charge >= 0.3 is 5.97 Å². The normalized spacial score (nSPS) is 17.8. The number of esters is 1. The molecule has 2 atom stereocenters. The van der Waals surface area contributed by atoms with Crippen molar-refractivity contribution in [2.24, 2.45) is 0 Å². The van der Waals surface area contributed by atoms with Crippen LogP contribution in [0.15, 0.2) is 48.7 Å². The Morgan fingerprint density at radius 1 is 1.21 bits per heavy atom. The minimum Gasteiger partial charge on any atom is -0.492 e. The van der Waals surface area contributed by atoms with E-state index in [2.05, 4.69) is 4.98 Å². The molecule has 0 fully saturated rings.